The Morgan fingerprint density at radius 3 is 1.48 bits per heavy atom. The molecule has 33 heavy (non-hydrogen) atoms. The number of nitrogens with zero attached hydrogens (tertiary/aromatic N) is 2. The van der Waals surface area contributed by atoms with E-state index in [0.29, 0.717) is 19.5 Å². The van der Waals surface area contributed by atoms with Crippen LogP contribution in [0.1, 0.15) is 39.0 Å². The van der Waals surface area contributed by atoms with Crippen molar-refractivity contribution in [1.82, 2.24) is 9.80 Å². The van der Waals surface area contributed by atoms with Crippen LogP contribution in [-0.2, 0) is 31.4 Å². The Bertz CT molecular complexity index is 448. The second-order valence-electron chi connectivity index (χ2n) is 7.85. The maximum atomic E-state index is 12.5. The average molecular weight is 513 g/mol. The van der Waals surface area contributed by atoms with Gasteiger partial charge in [-0.2, -0.15) is 0 Å². The fourth-order valence-electron chi connectivity index (χ4n) is 3.85. The number of carbonyl (C=O) groups is 1. The maximum absolute atomic E-state index is 12.5. The Morgan fingerprint density at radius 1 is 0.697 bits per heavy atom. The van der Waals surface area contributed by atoms with Crippen LogP contribution in [-0.4, -0.2) is 120 Å². The van der Waals surface area contributed by atoms with Gasteiger partial charge in [0.05, 0.1) is 6.61 Å². The van der Waals surface area contributed by atoms with E-state index in [1.54, 1.807) is 47.6 Å². The summed E-state index contributed by atoms with van der Waals surface area (Å²) in [6.07, 6.45) is 3.84. The second-order valence-corrected chi connectivity index (χ2v) is 14.0. The fraction of sp³-hybridized carbons (Fsp3) is 0.952. The zero-order valence-corrected chi connectivity index (χ0v) is 23.9. The third-order valence-electron chi connectivity index (χ3n) is 5.86. The van der Waals surface area contributed by atoms with Gasteiger partial charge in [0.1, 0.15) is 0 Å². The standard InChI is InChI=1S/C21H48N2O8Si2/c1-8-13-23(17-18-24)21(25)12-9-14-22(15-10-19-32(26-2,27-3)28-4)16-11-20-33(29-5,30-6)31-7/h24H,8-20H2,1-7H3. The first-order valence-corrected chi connectivity index (χ1v) is 15.6. The second kappa shape index (κ2) is 18.9. The summed E-state index contributed by atoms with van der Waals surface area (Å²) in [5.41, 5.74) is 0. The van der Waals surface area contributed by atoms with E-state index in [9.17, 15) is 9.90 Å². The Morgan fingerprint density at radius 2 is 1.12 bits per heavy atom. The van der Waals surface area contributed by atoms with Gasteiger partial charge in [-0.25, -0.2) is 0 Å². The minimum atomic E-state index is -2.61. The van der Waals surface area contributed by atoms with E-state index in [-0.39, 0.29) is 12.5 Å². The lowest BCUT2D eigenvalue weighted by Gasteiger charge is -2.28. The molecule has 0 unspecified atom stereocenters. The lowest BCUT2D eigenvalue weighted by molar-refractivity contribution is -0.131. The largest absolute Gasteiger partial charge is 0.500 e. The number of aliphatic hydroxyl groups is 1. The van der Waals surface area contributed by atoms with Crippen LogP contribution in [0.15, 0.2) is 0 Å². The van der Waals surface area contributed by atoms with E-state index in [0.717, 1.165) is 57.4 Å². The maximum Gasteiger partial charge on any atom is 0.500 e. The smallest absolute Gasteiger partial charge is 0.395 e. The molecule has 0 radical (unpaired) electrons. The van der Waals surface area contributed by atoms with Crippen LogP contribution in [0.5, 0.6) is 0 Å². The van der Waals surface area contributed by atoms with Crippen LogP contribution in [0.4, 0.5) is 0 Å². The van der Waals surface area contributed by atoms with Crippen molar-refractivity contribution in [1.29, 1.82) is 0 Å². The van der Waals surface area contributed by atoms with Crippen LogP contribution in [0.25, 0.3) is 0 Å². The van der Waals surface area contributed by atoms with E-state index in [1.165, 1.54) is 0 Å². The molecule has 0 fully saturated rings. The van der Waals surface area contributed by atoms with Crippen molar-refractivity contribution >= 4 is 23.5 Å². The van der Waals surface area contributed by atoms with Crippen molar-refractivity contribution in [3.63, 3.8) is 0 Å². The average Bonchev–Trinajstić information content (AvgIpc) is 2.84. The molecule has 0 saturated carbocycles. The van der Waals surface area contributed by atoms with Gasteiger partial charge in [-0.1, -0.05) is 6.92 Å². The molecule has 1 amide bonds. The number of rotatable bonds is 22. The number of aliphatic hydroxyl groups excluding tert-OH is 1. The summed E-state index contributed by atoms with van der Waals surface area (Å²) in [4.78, 5) is 16.6. The summed E-state index contributed by atoms with van der Waals surface area (Å²) >= 11 is 0. The van der Waals surface area contributed by atoms with Crippen molar-refractivity contribution in [3.05, 3.63) is 0 Å². The third kappa shape index (κ3) is 12.2. The van der Waals surface area contributed by atoms with Gasteiger partial charge in [0.25, 0.3) is 0 Å². The van der Waals surface area contributed by atoms with Gasteiger partial charge in [0, 0.05) is 74.3 Å². The molecule has 198 valence electrons. The Hall–Kier alpha value is -0.416. The molecule has 0 aliphatic carbocycles. The molecule has 0 aliphatic rings. The molecule has 0 rings (SSSR count). The molecule has 0 saturated heterocycles. The lowest BCUT2D eigenvalue weighted by Crippen LogP contribution is -2.44. The molecule has 0 aromatic heterocycles. The minimum absolute atomic E-state index is 0.00780. The molecule has 0 aromatic carbocycles. The molecular formula is C21H48N2O8Si2. The highest BCUT2D eigenvalue weighted by molar-refractivity contribution is 6.60. The SMILES string of the molecule is CCCN(CCO)C(=O)CCCN(CCC[Si](OC)(OC)OC)CCC[Si](OC)(OC)OC. The first kappa shape index (κ1) is 32.6. The van der Waals surface area contributed by atoms with Crippen molar-refractivity contribution < 1.29 is 36.5 Å². The number of hydrogen-bond donors (Lipinski definition) is 1. The van der Waals surface area contributed by atoms with Crippen molar-refractivity contribution in [2.45, 2.75) is 51.1 Å². The molecule has 0 aromatic rings. The van der Waals surface area contributed by atoms with E-state index in [1.807, 2.05) is 6.92 Å². The fourth-order valence-corrected chi connectivity index (χ4v) is 7.26. The van der Waals surface area contributed by atoms with Crippen molar-refractivity contribution in [3.8, 4) is 0 Å². The van der Waals surface area contributed by atoms with E-state index in [2.05, 4.69) is 4.90 Å². The Labute approximate surface area is 203 Å². The van der Waals surface area contributed by atoms with Gasteiger partial charge in [-0.3, -0.25) is 4.79 Å². The molecule has 1 N–H and O–H groups in total. The highest BCUT2D eigenvalue weighted by atomic mass is 28.4. The Balaban J connectivity index is 4.90. The van der Waals surface area contributed by atoms with E-state index >= 15 is 0 Å². The van der Waals surface area contributed by atoms with Gasteiger partial charge in [-0.15, -0.1) is 0 Å². The minimum Gasteiger partial charge on any atom is -0.395 e. The summed E-state index contributed by atoms with van der Waals surface area (Å²) in [5, 5.41) is 9.22. The third-order valence-corrected chi connectivity index (χ3v) is 11.5. The predicted octanol–water partition coefficient (Wildman–Crippen LogP) is 1.84. The van der Waals surface area contributed by atoms with Crippen LogP contribution in [0, 0.1) is 0 Å². The Kier molecular flexibility index (Phi) is 18.6. The number of hydrogen-bond acceptors (Lipinski definition) is 9. The normalized spacial score (nSPS) is 12.5. The van der Waals surface area contributed by atoms with Crippen LogP contribution in [0.2, 0.25) is 12.1 Å². The molecule has 10 nitrogen and oxygen atoms in total. The zero-order valence-electron chi connectivity index (χ0n) is 21.9. The summed E-state index contributed by atoms with van der Waals surface area (Å²) < 4.78 is 33.2. The quantitative estimate of drug-likeness (QED) is 0.218. The monoisotopic (exact) mass is 512 g/mol. The zero-order chi connectivity index (χ0) is 25.2. The van der Waals surface area contributed by atoms with Crippen LogP contribution in [0.3, 0.4) is 0 Å². The van der Waals surface area contributed by atoms with Gasteiger partial charge in [0.15, 0.2) is 0 Å². The molecule has 0 atom stereocenters. The van der Waals surface area contributed by atoms with Gasteiger partial charge < -0.3 is 41.5 Å². The molecule has 0 heterocycles. The highest BCUT2D eigenvalue weighted by Gasteiger charge is 2.38. The highest BCUT2D eigenvalue weighted by Crippen LogP contribution is 2.18. The summed E-state index contributed by atoms with van der Waals surface area (Å²) in [7, 11) is 4.54. The number of carbonyl (C=O) groups excluding carboxylic acids is 1. The van der Waals surface area contributed by atoms with Crippen molar-refractivity contribution in [2.75, 3.05) is 82.0 Å². The first-order chi connectivity index (χ1) is 15.8. The van der Waals surface area contributed by atoms with E-state index in [4.69, 9.17) is 26.6 Å². The van der Waals surface area contributed by atoms with Crippen LogP contribution >= 0.6 is 0 Å². The van der Waals surface area contributed by atoms with Gasteiger partial charge in [-0.05, 0) is 45.3 Å². The number of amides is 1. The molecular weight excluding hydrogens is 464 g/mol. The van der Waals surface area contributed by atoms with Crippen LogP contribution < -0.4 is 0 Å². The lowest BCUT2D eigenvalue weighted by atomic mass is 10.2. The molecule has 0 bridgehead atoms. The summed E-state index contributed by atoms with van der Waals surface area (Å²) in [6.45, 7) is 5.59. The van der Waals surface area contributed by atoms with Crippen molar-refractivity contribution in [2.24, 2.45) is 0 Å². The van der Waals surface area contributed by atoms with Gasteiger partial charge in [0.2, 0.25) is 5.91 Å². The molecule has 12 heteroatoms. The molecule has 0 aliphatic heterocycles. The molecule has 0 spiro atoms. The summed E-state index contributed by atoms with van der Waals surface area (Å²) in [5.74, 6) is 0.0972. The predicted molar refractivity (Wildman–Crippen MR) is 132 cm³/mol. The summed E-state index contributed by atoms with van der Waals surface area (Å²) in [6, 6.07) is 1.44. The first-order valence-electron chi connectivity index (χ1n) is 11.8. The van der Waals surface area contributed by atoms with E-state index < -0.39 is 17.6 Å². The van der Waals surface area contributed by atoms with Gasteiger partial charge >= 0.3 is 17.6 Å². The topological polar surface area (TPSA) is 99.2 Å².